The number of guanidine groups is 1. The molecule has 0 aromatic heterocycles. The molecule has 1 N–H and O–H groups in total. The molecule has 0 aliphatic carbocycles. The van der Waals surface area contributed by atoms with Crippen molar-refractivity contribution < 1.29 is 0 Å². The Hall–Kier alpha value is -0.810. The molecule has 2 aliphatic heterocycles. The van der Waals surface area contributed by atoms with Gasteiger partial charge in [0.1, 0.15) is 0 Å². The van der Waals surface area contributed by atoms with Gasteiger partial charge in [-0.1, -0.05) is 20.8 Å². The van der Waals surface area contributed by atoms with Gasteiger partial charge < -0.3 is 15.1 Å². The van der Waals surface area contributed by atoms with Crippen LogP contribution in [0.4, 0.5) is 0 Å². The maximum absolute atomic E-state index is 5.00. The van der Waals surface area contributed by atoms with E-state index < -0.39 is 0 Å². The van der Waals surface area contributed by atoms with Gasteiger partial charge in [0.2, 0.25) is 0 Å². The summed E-state index contributed by atoms with van der Waals surface area (Å²) < 4.78 is 0. The van der Waals surface area contributed by atoms with E-state index in [-0.39, 0.29) is 0 Å². The third-order valence-corrected chi connectivity index (χ3v) is 5.71. The Bertz CT molecular complexity index is 401. The summed E-state index contributed by atoms with van der Waals surface area (Å²) in [5, 5.41) is 3.52. The molecule has 5 nitrogen and oxygen atoms in total. The van der Waals surface area contributed by atoms with Crippen LogP contribution in [0, 0.1) is 11.8 Å². The smallest absolute Gasteiger partial charge is 0.193 e. The van der Waals surface area contributed by atoms with Crippen molar-refractivity contribution in [3.05, 3.63) is 0 Å². The lowest BCUT2D eigenvalue weighted by Gasteiger charge is -2.37. The number of hydrogen-bond acceptors (Lipinski definition) is 3. The maximum Gasteiger partial charge on any atom is 0.193 e. The summed E-state index contributed by atoms with van der Waals surface area (Å²) in [6, 6.07) is 0.529. The number of hydrogen-bond donors (Lipinski definition) is 1. The molecule has 2 aliphatic rings. The number of likely N-dealkylation sites (tertiary alicyclic amines) is 1. The highest BCUT2D eigenvalue weighted by Gasteiger charge is 2.26. The van der Waals surface area contributed by atoms with E-state index in [1.54, 1.807) is 0 Å². The van der Waals surface area contributed by atoms with Crippen LogP contribution in [0.25, 0.3) is 0 Å². The summed E-state index contributed by atoms with van der Waals surface area (Å²) in [5.74, 6) is 2.77. The first-order valence-corrected chi connectivity index (χ1v) is 10.5. The molecule has 25 heavy (non-hydrogen) atoms. The molecular formula is C20H41N5. The van der Waals surface area contributed by atoms with E-state index in [1.165, 1.54) is 52.1 Å². The Morgan fingerprint density at radius 1 is 1.08 bits per heavy atom. The van der Waals surface area contributed by atoms with Crippen LogP contribution in [-0.2, 0) is 0 Å². The van der Waals surface area contributed by atoms with Crippen LogP contribution >= 0.6 is 0 Å². The van der Waals surface area contributed by atoms with Crippen molar-refractivity contribution in [2.45, 2.75) is 53.5 Å². The number of likely N-dealkylation sites (N-methyl/N-ethyl adjacent to an activating group) is 1. The van der Waals surface area contributed by atoms with E-state index >= 15 is 0 Å². The van der Waals surface area contributed by atoms with Crippen LogP contribution in [0.5, 0.6) is 0 Å². The second-order valence-electron chi connectivity index (χ2n) is 8.24. The predicted octanol–water partition coefficient (Wildman–Crippen LogP) is 2.35. The number of aliphatic imine (C=N–C) groups is 1. The average molecular weight is 352 g/mol. The molecule has 2 unspecified atom stereocenters. The van der Waals surface area contributed by atoms with E-state index in [0.717, 1.165) is 37.4 Å². The highest BCUT2D eigenvalue weighted by Crippen LogP contribution is 2.23. The lowest BCUT2D eigenvalue weighted by molar-refractivity contribution is 0.109. The van der Waals surface area contributed by atoms with Gasteiger partial charge in [0.25, 0.3) is 0 Å². The zero-order chi connectivity index (χ0) is 18.2. The summed E-state index contributed by atoms with van der Waals surface area (Å²) in [6.07, 6.45) is 2.66. The molecule has 5 heteroatoms. The van der Waals surface area contributed by atoms with Gasteiger partial charge in [-0.25, -0.2) is 0 Å². The van der Waals surface area contributed by atoms with Crippen LogP contribution in [-0.4, -0.2) is 85.6 Å². The first-order valence-electron chi connectivity index (χ1n) is 10.5. The normalized spacial score (nSPS) is 25.0. The first kappa shape index (κ1) is 20.5. The second kappa shape index (κ2) is 10.4. The predicted molar refractivity (Wildman–Crippen MR) is 108 cm³/mol. The third kappa shape index (κ3) is 6.45. The average Bonchev–Trinajstić information content (AvgIpc) is 3.06. The van der Waals surface area contributed by atoms with Gasteiger partial charge >= 0.3 is 0 Å². The number of piperazine rings is 1. The van der Waals surface area contributed by atoms with E-state index in [1.807, 2.05) is 0 Å². The molecule has 0 radical (unpaired) electrons. The van der Waals surface area contributed by atoms with Gasteiger partial charge in [-0.15, -0.1) is 0 Å². The zero-order valence-electron chi connectivity index (χ0n) is 17.3. The lowest BCUT2D eigenvalue weighted by Crippen LogP contribution is -2.50. The van der Waals surface area contributed by atoms with Crippen LogP contribution in [0.2, 0.25) is 0 Å². The van der Waals surface area contributed by atoms with E-state index in [4.69, 9.17) is 4.99 Å². The Morgan fingerprint density at radius 3 is 2.40 bits per heavy atom. The topological polar surface area (TPSA) is 34.1 Å². The van der Waals surface area contributed by atoms with Crippen LogP contribution in [0.1, 0.15) is 47.5 Å². The van der Waals surface area contributed by atoms with Crippen LogP contribution < -0.4 is 5.32 Å². The van der Waals surface area contributed by atoms with E-state index in [2.05, 4.69) is 54.6 Å². The van der Waals surface area contributed by atoms with Gasteiger partial charge in [-0.05, 0) is 45.1 Å². The molecule has 0 aromatic rings. The lowest BCUT2D eigenvalue weighted by atomic mass is 9.97. The molecule has 2 saturated heterocycles. The monoisotopic (exact) mass is 351 g/mol. The minimum atomic E-state index is 0.529. The first-order chi connectivity index (χ1) is 12.0. The Balaban J connectivity index is 1.85. The van der Waals surface area contributed by atoms with Crippen LogP contribution in [0.3, 0.4) is 0 Å². The largest absolute Gasteiger partial charge is 0.357 e. The van der Waals surface area contributed by atoms with Crippen molar-refractivity contribution in [3.8, 4) is 0 Å². The Morgan fingerprint density at radius 2 is 1.80 bits per heavy atom. The van der Waals surface area contributed by atoms with Gasteiger partial charge in [-0.2, -0.15) is 0 Å². The maximum atomic E-state index is 5.00. The number of rotatable bonds is 7. The second-order valence-corrected chi connectivity index (χ2v) is 8.24. The molecular weight excluding hydrogens is 310 g/mol. The molecule has 0 saturated carbocycles. The van der Waals surface area contributed by atoms with Crippen molar-refractivity contribution >= 4 is 5.96 Å². The Labute approximate surface area is 155 Å². The Kier molecular flexibility index (Phi) is 8.50. The summed E-state index contributed by atoms with van der Waals surface area (Å²) in [6.45, 7) is 21.6. The minimum Gasteiger partial charge on any atom is -0.357 e. The fourth-order valence-electron chi connectivity index (χ4n) is 4.16. The van der Waals surface area contributed by atoms with Gasteiger partial charge in [0, 0.05) is 51.9 Å². The highest BCUT2D eigenvalue weighted by molar-refractivity contribution is 5.80. The SMILES string of the molecule is CCNC(=NCC(C)N1CCN(CC)CC1)N1CCC(CC(C)C)C1. The van der Waals surface area contributed by atoms with Crippen molar-refractivity contribution in [2.24, 2.45) is 16.8 Å². The molecule has 0 amide bonds. The van der Waals surface area contributed by atoms with Gasteiger partial charge in [0.05, 0.1) is 6.54 Å². The zero-order valence-corrected chi connectivity index (χ0v) is 17.3. The summed E-state index contributed by atoms with van der Waals surface area (Å²) in [4.78, 5) is 12.6. The fraction of sp³-hybridized carbons (Fsp3) is 0.950. The summed E-state index contributed by atoms with van der Waals surface area (Å²) in [5.41, 5.74) is 0. The van der Waals surface area contributed by atoms with Crippen molar-refractivity contribution in [1.29, 1.82) is 0 Å². The molecule has 0 bridgehead atoms. The minimum absolute atomic E-state index is 0.529. The van der Waals surface area contributed by atoms with Gasteiger partial charge in [-0.3, -0.25) is 9.89 Å². The molecule has 2 rings (SSSR count). The molecule has 2 heterocycles. The standard InChI is InChI=1S/C20H41N5/c1-6-21-20(25-9-8-19(16-25)14-17(3)4)22-15-18(5)24-12-10-23(7-2)11-13-24/h17-19H,6-16H2,1-5H3,(H,21,22). The molecule has 0 spiro atoms. The number of nitrogens with zero attached hydrogens (tertiary/aromatic N) is 4. The molecule has 2 fully saturated rings. The summed E-state index contributed by atoms with van der Waals surface area (Å²) in [7, 11) is 0. The van der Waals surface area contributed by atoms with Gasteiger partial charge in [0.15, 0.2) is 5.96 Å². The van der Waals surface area contributed by atoms with Crippen molar-refractivity contribution in [3.63, 3.8) is 0 Å². The van der Waals surface area contributed by atoms with E-state index in [9.17, 15) is 0 Å². The van der Waals surface area contributed by atoms with Crippen LogP contribution in [0.15, 0.2) is 4.99 Å². The summed E-state index contributed by atoms with van der Waals surface area (Å²) >= 11 is 0. The van der Waals surface area contributed by atoms with Crippen molar-refractivity contribution in [1.82, 2.24) is 20.0 Å². The molecule has 146 valence electrons. The number of nitrogens with one attached hydrogen (secondary N) is 1. The van der Waals surface area contributed by atoms with E-state index in [0.29, 0.717) is 6.04 Å². The quantitative estimate of drug-likeness (QED) is 0.564. The molecule has 0 aromatic carbocycles. The highest BCUT2D eigenvalue weighted by atomic mass is 15.3. The fourth-order valence-corrected chi connectivity index (χ4v) is 4.16. The van der Waals surface area contributed by atoms with Crippen molar-refractivity contribution in [2.75, 3.05) is 58.9 Å². The third-order valence-electron chi connectivity index (χ3n) is 5.71. The molecule has 2 atom stereocenters.